The first-order chi connectivity index (χ1) is 33.6. The summed E-state index contributed by atoms with van der Waals surface area (Å²) in [4.78, 5) is 2.51. The first-order valence-corrected chi connectivity index (χ1v) is 27.2. The van der Waals surface area contributed by atoms with E-state index in [1.54, 1.807) is 11.1 Å². The maximum Gasteiger partial charge on any atom is 0.0465 e. The van der Waals surface area contributed by atoms with Crippen LogP contribution in [0.15, 0.2) is 158 Å². The minimum absolute atomic E-state index is 0.0206. The van der Waals surface area contributed by atoms with Crippen LogP contribution in [0.3, 0.4) is 0 Å². The molecule has 0 aliphatic heterocycles. The maximum atomic E-state index is 2.62. The van der Waals surface area contributed by atoms with Crippen LogP contribution >= 0.6 is 0 Å². The lowest BCUT2D eigenvalue weighted by Crippen LogP contribution is -2.25. The van der Waals surface area contributed by atoms with Crippen molar-refractivity contribution in [3.8, 4) is 44.5 Å². The standard InChI is InChI=1S/C67H73N/c1-3-41-67(42-4-2)65-26-15-14-25-63(65)64-40-39-62(47-66(64)67)68(60-35-31-53(32-36-60)52-29-27-51(28-30-52)48-17-8-5-9-18-48)61-37-33-54(34-38-61)55-23-16-24-56(43-55)59-45-57(49-19-10-6-11-20-49)44-58(46-59)50-21-12-7-13-22-50/h14-16,23-40,43-50H,3-13,17-22,41-42H2,1-2H3. The number of hydrogen-bond donors (Lipinski definition) is 0. The Labute approximate surface area is 409 Å². The topological polar surface area (TPSA) is 3.24 Å². The molecule has 0 N–H and O–H groups in total. The van der Waals surface area contributed by atoms with Crippen LogP contribution in [0.5, 0.6) is 0 Å². The van der Waals surface area contributed by atoms with Gasteiger partial charge in [0.15, 0.2) is 0 Å². The van der Waals surface area contributed by atoms with Crippen molar-refractivity contribution < 1.29 is 0 Å². The Morgan fingerprint density at radius 1 is 0.353 bits per heavy atom. The Morgan fingerprint density at radius 3 is 1.35 bits per heavy atom. The predicted molar refractivity (Wildman–Crippen MR) is 291 cm³/mol. The van der Waals surface area contributed by atoms with Gasteiger partial charge in [-0.25, -0.2) is 0 Å². The second kappa shape index (κ2) is 20.1. The molecule has 0 amide bonds. The third-order valence-electron chi connectivity index (χ3n) is 17.1. The zero-order valence-corrected chi connectivity index (χ0v) is 41.1. The Balaban J connectivity index is 0.951. The summed E-state index contributed by atoms with van der Waals surface area (Å²) >= 11 is 0. The van der Waals surface area contributed by atoms with E-state index in [9.17, 15) is 0 Å². The van der Waals surface area contributed by atoms with Crippen LogP contribution in [0, 0.1) is 0 Å². The second-order valence-electron chi connectivity index (χ2n) is 21.4. The number of hydrogen-bond acceptors (Lipinski definition) is 1. The van der Waals surface area contributed by atoms with E-state index >= 15 is 0 Å². The van der Waals surface area contributed by atoms with Crippen molar-refractivity contribution in [1.29, 1.82) is 0 Å². The van der Waals surface area contributed by atoms with Crippen molar-refractivity contribution in [3.63, 3.8) is 0 Å². The van der Waals surface area contributed by atoms with Crippen LogP contribution in [-0.2, 0) is 5.41 Å². The van der Waals surface area contributed by atoms with Gasteiger partial charge in [0, 0.05) is 22.5 Å². The summed E-state index contributed by atoms with van der Waals surface area (Å²) in [5.41, 5.74) is 22.0. The lowest BCUT2D eigenvalue weighted by molar-refractivity contribution is 0.435. The summed E-state index contributed by atoms with van der Waals surface area (Å²) in [7, 11) is 0. The van der Waals surface area contributed by atoms with Gasteiger partial charge in [0.1, 0.15) is 0 Å². The van der Waals surface area contributed by atoms with Crippen molar-refractivity contribution >= 4 is 17.1 Å². The SMILES string of the molecule is CCCC1(CCC)c2ccccc2-c2ccc(N(c3ccc(-c4ccc(C5CCCCC5)cc4)cc3)c3ccc(-c4cccc(-c5cc(C6CCCCC6)cc(C6CCCCC6)c5)c4)cc3)cc21. The number of benzene rings is 7. The molecule has 4 aliphatic rings. The fourth-order valence-corrected chi connectivity index (χ4v) is 13.6. The van der Waals surface area contributed by atoms with Crippen LogP contribution in [0.4, 0.5) is 17.1 Å². The molecule has 0 bridgehead atoms. The van der Waals surface area contributed by atoms with Gasteiger partial charge in [-0.1, -0.05) is 200 Å². The zero-order valence-electron chi connectivity index (χ0n) is 41.1. The van der Waals surface area contributed by atoms with Gasteiger partial charge in [-0.3, -0.25) is 0 Å². The lowest BCUT2D eigenvalue weighted by atomic mass is 9.71. The van der Waals surface area contributed by atoms with Crippen molar-refractivity contribution in [2.75, 3.05) is 4.90 Å². The smallest absolute Gasteiger partial charge is 0.0465 e. The number of fused-ring (bicyclic) bond motifs is 3. The molecule has 0 saturated heterocycles. The van der Waals surface area contributed by atoms with Crippen molar-refractivity contribution in [2.24, 2.45) is 0 Å². The molecule has 11 rings (SSSR count). The average Bonchev–Trinajstić information content (AvgIpc) is 3.68. The summed E-state index contributed by atoms with van der Waals surface area (Å²) < 4.78 is 0. The van der Waals surface area contributed by atoms with E-state index in [2.05, 4.69) is 176 Å². The number of anilines is 3. The van der Waals surface area contributed by atoms with E-state index in [1.807, 2.05) is 0 Å². The molecule has 1 heteroatoms. The number of rotatable bonds is 13. The van der Waals surface area contributed by atoms with Gasteiger partial charge < -0.3 is 4.90 Å². The first-order valence-electron chi connectivity index (χ1n) is 27.2. The van der Waals surface area contributed by atoms with Crippen LogP contribution in [0.2, 0.25) is 0 Å². The molecule has 0 atom stereocenters. The summed E-state index contributed by atoms with van der Waals surface area (Å²) in [5.74, 6) is 2.13. The van der Waals surface area contributed by atoms with Gasteiger partial charge >= 0.3 is 0 Å². The fourth-order valence-electron chi connectivity index (χ4n) is 13.6. The normalized spacial score (nSPS) is 17.4. The molecule has 7 aromatic rings. The summed E-state index contributed by atoms with van der Waals surface area (Å²) in [6, 6.07) is 62.0. The Bertz CT molecular complexity index is 2750. The summed E-state index contributed by atoms with van der Waals surface area (Å²) in [6.07, 6.45) is 25.0. The van der Waals surface area contributed by atoms with Crippen molar-refractivity contribution in [1.82, 2.24) is 0 Å². The quantitative estimate of drug-likeness (QED) is 0.111. The molecule has 7 aromatic carbocycles. The van der Waals surface area contributed by atoms with Gasteiger partial charge in [-0.05, 0) is 184 Å². The highest BCUT2D eigenvalue weighted by atomic mass is 15.1. The first kappa shape index (κ1) is 44.8. The number of nitrogens with zero attached hydrogens (tertiary/aromatic N) is 1. The lowest BCUT2D eigenvalue weighted by Gasteiger charge is -2.33. The van der Waals surface area contributed by atoms with Gasteiger partial charge in [-0.2, -0.15) is 0 Å². The Morgan fingerprint density at radius 2 is 0.809 bits per heavy atom. The molecule has 0 heterocycles. The highest BCUT2D eigenvalue weighted by Crippen LogP contribution is 2.55. The van der Waals surface area contributed by atoms with E-state index in [-0.39, 0.29) is 5.41 Å². The Hall–Kier alpha value is -5.66. The monoisotopic (exact) mass is 892 g/mol. The third-order valence-corrected chi connectivity index (χ3v) is 17.1. The molecule has 0 spiro atoms. The highest BCUT2D eigenvalue weighted by Gasteiger charge is 2.42. The zero-order chi connectivity index (χ0) is 45.9. The van der Waals surface area contributed by atoms with E-state index in [0.717, 1.165) is 31.6 Å². The molecule has 3 fully saturated rings. The van der Waals surface area contributed by atoms with E-state index in [1.165, 1.54) is 175 Å². The molecule has 1 nitrogen and oxygen atoms in total. The molecule has 0 unspecified atom stereocenters. The average molecular weight is 892 g/mol. The maximum absolute atomic E-state index is 2.62. The van der Waals surface area contributed by atoms with Gasteiger partial charge in [0.05, 0.1) is 0 Å². The Kier molecular flexibility index (Phi) is 13.3. The van der Waals surface area contributed by atoms with E-state index in [0.29, 0.717) is 11.8 Å². The van der Waals surface area contributed by atoms with Crippen LogP contribution in [0.25, 0.3) is 44.5 Å². The highest BCUT2D eigenvalue weighted by molar-refractivity contribution is 5.87. The molecule has 4 aliphatic carbocycles. The van der Waals surface area contributed by atoms with Crippen LogP contribution in [0.1, 0.15) is 181 Å². The molecule has 0 aromatic heterocycles. The van der Waals surface area contributed by atoms with Gasteiger partial charge in [0.25, 0.3) is 0 Å². The molecule has 3 saturated carbocycles. The van der Waals surface area contributed by atoms with E-state index < -0.39 is 0 Å². The summed E-state index contributed by atoms with van der Waals surface area (Å²) in [5, 5.41) is 0. The van der Waals surface area contributed by atoms with Crippen molar-refractivity contribution in [2.45, 2.75) is 159 Å². The third kappa shape index (κ3) is 8.92. The minimum atomic E-state index is 0.0206. The minimum Gasteiger partial charge on any atom is -0.310 e. The summed E-state index contributed by atoms with van der Waals surface area (Å²) in [6.45, 7) is 4.72. The largest absolute Gasteiger partial charge is 0.310 e. The van der Waals surface area contributed by atoms with Crippen LogP contribution in [-0.4, -0.2) is 0 Å². The van der Waals surface area contributed by atoms with Gasteiger partial charge in [-0.15, -0.1) is 0 Å². The van der Waals surface area contributed by atoms with Crippen LogP contribution < -0.4 is 4.90 Å². The second-order valence-corrected chi connectivity index (χ2v) is 21.4. The molecule has 0 radical (unpaired) electrons. The van der Waals surface area contributed by atoms with Gasteiger partial charge in [0.2, 0.25) is 0 Å². The molecular weight excluding hydrogens is 819 g/mol. The fraction of sp³-hybridized carbons (Fsp3) is 0.373. The van der Waals surface area contributed by atoms with E-state index in [4.69, 9.17) is 0 Å². The molecular formula is C67H73N. The molecule has 68 heavy (non-hydrogen) atoms. The predicted octanol–water partition coefficient (Wildman–Crippen LogP) is 20.2. The van der Waals surface area contributed by atoms with Crippen molar-refractivity contribution in [3.05, 3.63) is 186 Å². The molecule has 346 valence electrons.